The smallest absolute Gasteiger partial charge is 0.283 e. The molecule has 0 atom stereocenters. The number of hydrogen-bond donors (Lipinski definition) is 1. The molecule has 10 heteroatoms. The number of aromatic nitrogens is 5. The molecule has 0 radical (unpaired) electrons. The van der Waals surface area contributed by atoms with Gasteiger partial charge in [0, 0.05) is 10.7 Å². The zero-order valence-corrected chi connectivity index (χ0v) is 16.6. The number of carbonyl (C=O) groups excluding carboxylic acids is 1. The molecule has 0 bridgehead atoms. The van der Waals surface area contributed by atoms with Crippen LogP contribution in [-0.4, -0.2) is 30.5 Å². The predicted molar refractivity (Wildman–Crippen MR) is 110 cm³/mol. The van der Waals surface area contributed by atoms with E-state index < -0.39 is 11.5 Å². The molecule has 30 heavy (non-hydrogen) atoms. The highest BCUT2D eigenvalue weighted by molar-refractivity contribution is 6.31. The number of rotatable bonds is 5. The molecule has 2 heterocycles. The number of carbonyl (C=O) groups is 1. The van der Waals surface area contributed by atoms with Crippen molar-refractivity contribution in [3.8, 4) is 0 Å². The number of halogens is 2. The number of fused-ring (bicyclic) bond motifs is 1. The third kappa shape index (κ3) is 4.06. The molecule has 0 fully saturated rings. The monoisotopic (exact) mass is 426 g/mol. The minimum Gasteiger partial charge on any atom is -0.324 e. The van der Waals surface area contributed by atoms with Crippen LogP contribution in [0.15, 0.2) is 53.6 Å². The summed E-state index contributed by atoms with van der Waals surface area (Å²) in [5, 5.41) is 11.1. The highest BCUT2D eigenvalue weighted by Gasteiger charge is 2.15. The van der Waals surface area contributed by atoms with E-state index in [0.29, 0.717) is 16.3 Å². The van der Waals surface area contributed by atoms with E-state index in [1.807, 2.05) is 6.92 Å². The Morgan fingerprint density at radius 3 is 2.87 bits per heavy atom. The van der Waals surface area contributed by atoms with Gasteiger partial charge in [-0.25, -0.2) is 14.1 Å². The molecule has 0 saturated carbocycles. The molecule has 1 amide bonds. The van der Waals surface area contributed by atoms with Crippen LogP contribution in [0.4, 0.5) is 10.1 Å². The summed E-state index contributed by atoms with van der Waals surface area (Å²) in [4.78, 5) is 29.3. The summed E-state index contributed by atoms with van der Waals surface area (Å²) in [5.74, 6) is -0.774. The summed E-state index contributed by atoms with van der Waals surface area (Å²) in [6.07, 6.45) is 1.26. The van der Waals surface area contributed by atoms with Crippen LogP contribution in [0.25, 0.3) is 11.2 Å². The van der Waals surface area contributed by atoms with Gasteiger partial charge in [0.1, 0.15) is 18.7 Å². The quantitative estimate of drug-likeness (QED) is 0.529. The number of hydrogen-bond acceptors (Lipinski definition) is 5. The molecule has 152 valence electrons. The van der Waals surface area contributed by atoms with Gasteiger partial charge >= 0.3 is 0 Å². The first-order valence-electron chi connectivity index (χ1n) is 9.00. The zero-order valence-electron chi connectivity index (χ0n) is 15.8. The van der Waals surface area contributed by atoms with Crippen LogP contribution in [-0.2, 0) is 17.9 Å². The van der Waals surface area contributed by atoms with Gasteiger partial charge < -0.3 is 5.32 Å². The summed E-state index contributed by atoms with van der Waals surface area (Å²) in [5.41, 5.74) is 1.85. The first kappa shape index (κ1) is 19.7. The van der Waals surface area contributed by atoms with Gasteiger partial charge in [-0.05, 0) is 42.3 Å². The third-order valence-electron chi connectivity index (χ3n) is 4.50. The third-order valence-corrected chi connectivity index (χ3v) is 4.74. The van der Waals surface area contributed by atoms with Gasteiger partial charge in [-0.2, -0.15) is 0 Å². The van der Waals surface area contributed by atoms with Crippen LogP contribution in [0.1, 0.15) is 11.1 Å². The number of nitrogens with zero attached hydrogens (tertiary/aromatic N) is 5. The van der Waals surface area contributed by atoms with Gasteiger partial charge in [-0.15, -0.1) is 5.10 Å². The molecule has 1 N–H and O–H groups in total. The van der Waals surface area contributed by atoms with Crippen molar-refractivity contribution >= 4 is 34.4 Å². The minimum absolute atomic E-state index is 0.0284. The second kappa shape index (κ2) is 8.03. The average Bonchev–Trinajstić information content (AvgIpc) is 3.10. The van der Waals surface area contributed by atoms with Crippen LogP contribution in [0, 0.1) is 12.7 Å². The van der Waals surface area contributed by atoms with E-state index in [0.717, 1.165) is 10.1 Å². The Bertz CT molecular complexity index is 1320. The Morgan fingerprint density at radius 1 is 1.23 bits per heavy atom. The molecule has 0 aliphatic carbocycles. The summed E-state index contributed by atoms with van der Waals surface area (Å²) in [6, 6.07) is 11.2. The van der Waals surface area contributed by atoms with Gasteiger partial charge in [0.15, 0.2) is 11.2 Å². The maximum Gasteiger partial charge on any atom is 0.283 e. The van der Waals surface area contributed by atoms with Gasteiger partial charge in [0.25, 0.3) is 5.56 Å². The van der Waals surface area contributed by atoms with E-state index in [4.69, 9.17) is 11.6 Å². The van der Waals surface area contributed by atoms with Gasteiger partial charge in [0.05, 0.1) is 6.54 Å². The van der Waals surface area contributed by atoms with E-state index in [-0.39, 0.29) is 30.1 Å². The molecule has 4 aromatic rings. The highest BCUT2D eigenvalue weighted by atomic mass is 35.5. The molecule has 2 aromatic carbocycles. The number of benzene rings is 2. The standard InChI is InChI=1S/C20H16ClFN6O2/c1-12-5-6-14(21)8-16(12)24-17(29)10-27-11-23-19-18(20(27)30)25-26-28(19)9-13-3-2-4-15(22)7-13/h2-8,11H,9-10H2,1H3,(H,24,29). The normalized spacial score (nSPS) is 11.0. The molecule has 2 aromatic heterocycles. The van der Waals surface area contributed by atoms with Gasteiger partial charge in [0.2, 0.25) is 5.91 Å². The van der Waals surface area contributed by atoms with Crippen molar-refractivity contribution in [3.05, 3.63) is 81.1 Å². The first-order valence-corrected chi connectivity index (χ1v) is 9.37. The Labute approximate surface area is 174 Å². The van der Waals surface area contributed by atoms with Crippen molar-refractivity contribution in [1.82, 2.24) is 24.5 Å². The second-order valence-corrected chi connectivity index (χ2v) is 7.17. The van der Waals surface area contributed by atoms with E-state index in [9.17, 15) is 14.0 Å². The van der Waals surface area contributed by atoms with Crippen LogP contribution in [0.5, 0.6) is 0 Å². The van der Waals surface area contributed by atoms with Crippen molar-refractivity contribution in [2.45, 2.75) is 20.0 Å². The first-order chi connectivity index (χ1) is 14.4. The molecule has 0 saturated heterocycles. The minimum atomic E-state index is -0.497. The topological polar surface area (TPSA) is 94.7 Å². The van der Waals surface area contributed by atoms with E-state index >= 15 is 0 Å². The van der Waals surface area contributed by atoms with Crippen LogP contribution < -0.4 is 10.9 Å². The molecule has 8 nitrogen and oxygen atoms in total. The highest BCUT2D eigenvalue weighted by Crippen LogP contribution is 2.20. The summed E-state index contributed by atoms with van der Waals surface area (Å²) in [7, 11) is 0. The van der Waals surface area contributed by atoms with Crippen molar-refractivity contribution in [1.29, 1.82) is 0 Å². The Morgan fingerprint density at radius 2 is 2.07 bits per heavy atom. The molecule has 0 unspecified atom stereocenters. The van der Waals surface area contributed by atoms with Gasteiger partial charge in [-0.1, -0.05) is 35.0 Å². The lowest BCUT2D eigenvalue weighted by Gasteiger charge is -2.10. The Hall–Kier alpha value is -3.59. The second-order valence-electron chi connectivity index (χ2n) is 6.73. The zero-order chi connectivity index (χ0) is 21.3. The Balaban J connectivity index is 1.56. The van der Waals surface area contributed by atoms with E-state index in [1.54, 1.807) is 30.3 Å². The van der Waals surface area contributed by atoms with Crippen LogP contribution >= 0.6 is 11.6 Å². The summed E-state index contributed by atoms with van der Waals surface area (Å²) in [6.45, 7) is 1.80. The molecular weight excluding hydrogens is 411 g/mol. The largest absolute Gasteiger partial charge is 0.324 e. The maximum atomic E-state index is 13.4. The van der Waals surface area contributed by atoms with Crippen LogP contribution in [0.3, 0.4) is 0 Å². The molecule has 0 aliphatic heterocycles. The summed E-state index contributed by atoms with van der Waals surface area (Å²) >= 11 is 5.97. The predicted octanol–water partition coefficient (Wildman–Crippen LogP) is 2.78. The Kier molecular flexibility index (Phi) is 5.28. The fraction of sp³-hybridized carbons (Fsp3) is 0.150. The van der Waals surface area contributed by atoms with Gasteiger partial charge in [-0.3, -0.25) is 14.2 Å². The summed E-state index contributed by atoms with van der Waals surface area (Å²) < 4.78 is 16.0. The fourth-order valence-corrected chi connectivity index (χ4v) is 3.16. The number of anilines is 1. The van der Waals surface area contributed by atoms with Crippen molar-refractivity contribution in [3.63, 3.8) is 0 Å². The van der Waals surface area contributed by atoms with E-state index in [1.165, 1.54) is 23.1 Å². The molecular formula is C20H16ClFN6O2. The van der Waals surface area contributed by atoms with Crippen molar-refractivity contribution in [2.24, 2.45) is 0 Å². The fourth-order valence-electron chi connectivity index (χ4n) is 2.99. The van der Waals surface area contributed by atoms with Crippen molar-refractivity contribution in [2.75, 3.05) is 5.32 Å². The lowest BCUT2D eigenvalue weighted by Crippen LogP contribution is -2.28. The average molecular weight is 427 g/mol. The molecule has 4 rings (SSSR count). The maximum absolute atomic E-state index is 13.4. The lowest BCUT2D eigenvalue weighted by atomic mass is 10.2. The lowest BCUT2D eigenvalue weighted by molar-refractivity contribution is -0.116. The number of aryl methyl sites for hydroxylation is 1. The molecule has 0 spiro atoms. The SMILES string of the molecule is Cc1ccc(Cl)cc1NC(=O)Cn1cnc2c(nnn2Cc2cccc(F)c2)c1=O. The van der Waals surface area contributed by atoms with Crippen LogP contribution in [0.2, 0.25) is 5.02 Å². The molecule has 0 aliphatic rings. The van der Waals surface area contributed by atoms with E-state index in [2.05, 4.69) is 20.6 Å². The number of amides is 1. The van der Waals surface area contributed by atoms with Crippen molar-refractivity contribution < 1.29 is 9.18 Å². The number of nitrogens with one attached hydrogen (secondary N) is 1.